The normalized spacial score (nSPS) is 21.8. The molecule has 1 atom stereocenters. The summed E-state index contributed by atoms with van der Waals surface area (Å²) in [7, 11) is 0. The second-order valence-corrected chi connectivity index (χ2v) is 5.45. The second-order valence-electron chi connectivity index (χ2n) is 5.02. The Kier molecular flexibility index (Phi) is 4.59. The number of alkyl halides is 5. The van der Waals surface area contributed by atoms with E-state index in [4.69, 9.17) is 11.6 Å². The Morgan fingerprint density at radius 1 is 1.29 bits per heavy atom. The summed E-state index contributed by atoms with van der Waals surface area (Å²) in [5, 5.41) is 13.6. The van der Waals surface area contributed by atoms with Crippen LogP contribution >= 0.6 is 11.6 Å². The molecule has 24 heavy (non-hydrogen) atoms. The maximum atomic E-state index is 13.9. The van der Waals surface area contributed by atoms with Crippen molar-refractivity contribution in [3.8, 4) is 0 Å². The summed E-state index contributed by atoms with van der Waals surface area (Å²) < 4.78 is 67.1. The van der Waals surface area contributed by atoms with Crippen molar-refractivity contribution in [2.24, 2.45) is 5.10 Å². The maximum Gasteiger partial charge on any atom is 0.527 e. The molecule has 0 saturated carbocycles. The fourth-order valence-electron chi connectivity index (χ4n) is 2.10. The lowest BCUT2D eigenvalue weighted by molar-refractivity contribution is -0.468. The Bertz CT molecular complexity index is 677. The van der Waals surface area contributed by atoms with E-state index in [1.165, 1.54) is 19.1 Å². The number of nitrogens with zero attached hydrogens (tertiary/aromatic N) is 2. The van der Waals surface area contributed by atoms with Crippen molar-refractivity contribution in [3.63, 3.8) is 0 Å². The minimum Gasteiger partial charge on any atom is -0.362 e. The molecule has 0 radical (unpaired) electrons. The zero-order valence-corrected chi connectivity index (χ0v) is 12.7. The van der Waals surface area contributed by atoms with Gasteiger partial charge in [-0.2, -0.15) is 18.9 Å². The van der Waals surface area contributed by atoms with E-state index in [-0.39, 0.29) is 21.3 Å². The molecular weight excluding hydrogens is 363 g/mol. The summed E-state index contributed by atoms with van der Waals surface area (Å²) in [5.41, 5.74) is -4.01. The summed E-state index contributed by atoms with van der Waals surface area (Å²) in [5.74, 6) is -1.24. The van der Waals surface area contributed by atoms with E-state index in [0.29, 0.717) is 0 Å². The lowest BCUT2D eigenvalue weighted by Crippen LogP contribution is -2.61. The van der Waals surface area contributed by atoms with Crippen LogP contribution in [-0.4, -0.2) is 39.9 Å². The number of amides is 1. The zero-order chi connectivity index (χ0) is 18.3. The summed E-state index contributed by atoms with van der Waals surface area (Å²) in [6, 6.07) is 4.84. The lowest BCUT2D eigenvalue weighted by Gasteiger charge is -2.36. The highest BCUT2D eigenvalue weighted by Gasteiger charge is 2.66. The van der Waals surface area contributed by atoms with Gasteiger partial charge in [0.2, 0.25) is 0 Å². The molecule has 1 amide bonds. The molecule has 1 aliphatic rings. The molecule has 0 bridgehead atoms. The zero-order valence-electron chi connectivity index (χ0n) is 11.9. The van der Waals surface area contributed by atoms with Gasteiger partial charge in [-0.15, -0.1) is 13.2 Å². The van der Waals surface area contributed by atoms with Crippen molar-refractivity contribution in [2.75, 3.05) is 0 Å². The number of benzene rings is 1. The molecule has 1 aliphatic heterocycles. The van der Waals surface area contributed by atoms with E-state index in [9.17, 15) is 31.9 Å². The van der Waals surface area contributed by atoms with Gasteiger partial charge in [0.1, 0.15) is 0 Å². The highest BCUT2D eigenvalue weighted by molar-refractivity contribution is 6.30. The molecule has 1 unspecified atom stereocenters. The average molecular weight is 373 g/mol. The Morgan fingerprint density at radius 2 is 1.83 bits per heavy atom. The Labute approximate surface area is 137 Å². The fourth-order valence-corrected chi connectivity index (χ4v) is 2.23. The van der Waals surface area contributed by atoms with Gasteiger partial charge in [-0.1, -0.05) is 11.6 Å². The summed E-state index contributed by atoms with van der Waals surface area (Å²) >= 11 is 5.63. The first-order valence-corrected chi connectivity index (χ1v) is 6.75. The van der Waals surface area contributed by atoms with Gasteiger partial charge in [0.25, 0.3) is 11.6 Å². The van der Waals surface area contributed by atoms with E-state index in [2.05, 4.69) is 9.84 Å². The van der Waals surface area contributed by atoms with Crippen LogP contribution in [0.15, 0.2) is 29.4 Å². The van der Waals surface area contributed by atoms with Gasteiger partial charge in [-0.05, 0) is 31.2 Å². The number of aliphatic hydroxyl groups is 1. The van der Waals surface area contributed by atoms with Crippen molar-refractivity contribution < 1.29 is 36.6 Å². The quantitative estimate of drug-likeness (QED) is 0.827. The van der Waals surface area contributed by atoms with Crippen LogP contribution in [0.5, 0.6) is 0 Å². The van der Waals surface area contributed by atoms with Crippen molar-refractivity contribution in [1.29, 1.82) is 0 Å². The standard InChI is InChI=1S/C13H10ClF5N2O3/c1-7-6-11(23,12(15,16)24-13(17,18)19)21(20-7)10(22)8-2-4-9(14)5-3-8/h2-5,23H,6H2,1H3. The molecule has 0 aliphatic carbocycles. The van der Waals surface area contributed by atoms with E-state index < -0.39 is 30.5 Å². The number of rotatable bonds is 3. The predicted octanol–water partition coefficient (Wildman–Crippen LogP) is 3.38. The molecule has 5 nitrogen and oxygen atoms in total. The number of hydrogen-bond acceptors (Lipinski definition) is 4. The van der Waals surface area contributed by atoms with Crippen LogP contribution in [0.3, 0.4) is 0 Å². The second kappa shape index (κ2) is 5.94. The third-order valence-corrected chi connectivity index (χ3v) is 3.37. The molecule has 132 valence electrons. The molecule has 2 rings (SSSR count). The number of hydrogen-bond donors (Lipinski definition) is 1. The third-order valence-electron chi connectivity index (χ3n) is 3.12. The molecule has 0 fully saturated rings. The van der Waals surface area contributed by atoms with Crippen LogP contribution in [0.4, 0.5) is 22.0 Å². The van der Waals surface area contributed by atoms with Gasteiger partial charge in [-0.3, -0.25) is 4.79 Å². The number of carbonyl (C=O) groups excluding carboxylic acids is 1. The van der Waals surface area contributed by atoms with Crippen molar-refractivity contribution in [1.82, 2.24) is 5.01 Å². The fraction of sp³-hybridized carbons (Fsp3) is 0.385. The number of ether oxygens (including phenoxy) is 1. The van der Waals surface area contributed by atoms with Crippen molar-refractivity contribution in [3.05, 3.63) is 34.9 Å². The Morgan fingerprint density at radius 3 is 2.33 bits per heavy atom. The van der Waals surface area contributed by atoms with Crippen LogP contribution < -0.4 is 0 Å². The summed E-state index contributed by atoms with van der Waals surface area (Å²) in [4.78, 5) is 12.3. The van der Waals surface area contributed by atoms with E-state index in [1.54, 1.807) is 0 Å². The molecule has 11 heteroatoms. The predicted molar refractivity (Wildman–Crippen MR) is 72.4 cm³/mol. The molecule has 1 N–H and O–H groups in total. The third kappa shape index (κ3) is 3.50. The van der Waals surface area contributed by atoms with Crippen molar-refractivity contribution >= 4 is 23.2 Å². The summed E-state index contributed by atoms with van der Waals surface area (Å²) in [6.07, 6.45) is -11.9. The number of halogens is 6. The largest absolute Gasteiger partial charge is 0.527 e. The van der Waals surface area contributed by atoms with Crippen LogP contribution in [-0.2, 0) is 4.74 Å². The molecule has 1 aromatic rings. The van der Waals surface area contributed by atoms with E-state index in [0.717, 1.165) is 12.1 Å². The van der Waals surface area contributed by atoms with Gasteiger partial charge in [0.15, 0.2) is 0 Å². The average Bonchev–Trinajstić information content (AvgIpc) is 2.73. The molecule has 1 heterocycles. The van der Waals surface area contributed by atoms with Crippen LogP contribution in [0.25, 0.3) is 0 Å². The van der Waals surface area contributed by atoms with Crippen LogP contribution in [0.1, 0.15) is 23.7 Å². The Balaban J connectivity index is 2.39. The van der Waals surface area contributed by atoms with Gasteiger partial charge >= 0.3 is 12.5 Å². The maximum absolute atomic E-state index is 13.9. The van der Waals surface area contributed by atoms with Gasteiger partial charge in [-0.25, -0.2) is 4.74 Å². The minimum absolute atomic E-state index is 0.114. The molecule has 0 aromatic heterocycles. The molecule has 0 spiro atoms. The Hall–Kier alpha value is -1.78. The first-order valence-electron chi connectivity index (χ1n) is 6.37. The van der Waals surface area contributed by atoms with E-state index >= 15 is 0 Å². The lowest BCUT2D eigenvalue weighted by atomic mass is 10.1. The van der Waals surface area contributed by atoms with Gasteiger partial charge in [0.05, 0.1) is 0 Å². The minimum atomic E-state index is -5.73. The molecular formula is C13H10ClF5N2O3. The molecule has 0 saturated heterocycles. The van der Waals surface area contributed by atoms with Crippen LogP contribution in [0, 0.1) is 0 Å². The monoisotopic (exact) mass is 372 g/mol. The highest BCUT2D eigenvalue weighted by atomic mass is 35.5. The van der Waals surface area contributed by atoms with Gasteiger partial charge < -0.3 is 5.11 Å². The SMILES string of the molecule is CC1=NN(C(=O)c2ccc(Cl)cc2)C(O)(C(F)(F)OC(F)(F)F)C1. The topological polar surface area (TPSA) is 62.1 Å². The van der Waals surface area contributed by atoms with Crippen LogP contribution in [0.2, 0.25) is 5.02 Å². The summed E-state index contributed by atoms with van der Waals surface area (Å²) in [6.45, 7) is 1.17. The number of hydrazone groups is 1. The first-order chi connectivity index (χ1) is 10.9. The molecule has 1 aromatic carbocycles. The smallest absolute Gasteiger partial charge is 0.362 e. The highest BCUT2D eigenvalue weighted by Crippen LogP contribution is 2.43. The van der Waals surface area contributed by atoms with E-state index in [1.807, 2.05) is 0 Å². The first kappa shape index (κ1) is 18.6. The number of carbonyl (C=O) groups is 1. The van der Waals surface area contributed by atoms with Crippen molar-refractivity contribution in [2.45, 2.75) is 31.5 Å². The van der Waals surface area contributed by atoms with Gasteiger partial charge in [0, 0.05) is 22.7 Å².